The molecule has 1 saturated carbocycles. The average molecular weight is 408 g/mol. The number of rotatable bonds is 3. The number of hydrogen-bond donors (Lipinski definition) is 3. The van der Waals surface area contributed by atoms with Crippen LogP contribution in [0.3, 0.4) is 0 Å². The van der Waals surface area contributed by atoms with Crippen molar-refractivity contribution in [3.8, 4) is 11.8 Å². The molecule has 1 fully saturated rings. The van der Waals surface area contributed by atoms with Crippen molar-refractivity contribution in [1.29, 1.82) is 0 Å². The number of hydrogen-bond acceptors (Lipinski definition) is 2. The van der Waals surface area contributed by atoms with Gasteiger partial charge in [-0.3, -0.25) is 9.59 Å². The third-order valence-electron chi connectivity index (χ3n) is 5.18. The zero-order valence-corrected chi connectivity index (χ0v) is 16.3. The Labute approximate surface area is 166 Å². The summed E-state index contributed by atoms with van der Waals surface area (Å²) in [6.45, 7) is 3.22. The molecule has 5 nitrogen and oxygen atoms in total. The van der Waals surface area contributed by atoms with Gasteiger partial charge >= 0.3 is 0 Å². The number of halogens is 3. The number of nitrogens with one attached hydrogen (secondary N) is 2. The highest BCUT2D eigenvalue weighted by atomic mass is 35.5. The van der Waals surface area contributed by atoms with Crippen molar-refractivity contribution in [2.45, 2.75) is 51.5 Å². The Morgan fingerprint density at radius 3 is 2.64 bits per heavy atom. The van der Waals surface area contributed by atoms with E-state index in [0.29, 0.717) is 18.5 Å². The number of fused-ring (bicyclic) bond motifs is 1. The number of carbonyl (C=O) groups excluding carboxylic acids is 2. The molecule has 0 saturated heterocycles. The Bertz CT molecular complexity index is 1040. The van der Waals surface area contributed by atoms with Gasteiger partial charge in [0.2, 0.25) is 0 Å². The Balaban J connectivity index is 2.11. The summed E-state index contributed by atoms with van der Waals surface area (Å²) in [6, 6.07) is -0.209. The van der Waals surface area contributed by atoms with E-state index in [2.05, 4.69) is 22.1 Å². The minimum absolute atomic E-state index is 0.104. The van der Waals surface area contributed by atoms with Gasteiger partial charge in [0.1, 0.15) is 5.56 Å². The fourth-order valence-electron chi connectivity index (χ4n) is 4.02. The first-order valence-corrected chi connectivity index (χ1v) is 9.35. The van der Waals surface area contributed by atoms with E-state index < -0.39 is 29.0 Å². The fourth-order valence-corrected chi connectivity index (χ4v) is 4.27. The minimum Gasteiger partial charge on any atom is -0.365 e. The molecule has 0 unspecified atom stereocenters. The molecule has 2 atom stereocenters. The van der Waals surface area contributed by atoms with Gasteiger partial charge < -0.3 is 16.0 Å². The molecule has 3 rings (SSSR count). The molecular formula is C20H20ClF2N3O2. The van der Waals surface area contributed by atoms with Gasteiger partial charge in [0.15, 0.2) is 11.6 Å². The summed E-state index contributed by atoms with van der Waals surface area (Å²) >= 11 is 6.37. The van der Waals surface area contributed by atoms with E-state index in [0.717, 1.165) is 12.8 Å². The number of benzene rings is 1. The minimum atomic E-state index is -1.28. The number of carbonyl (C=O) groups is 2. The van der Waals surface area contributed by atoms with Crippen molar-refractivity contribution in [2.75, 3.05) is 0 Å². The molecule has 0 radical (unpaired) electrons. The second-order valence-electron chi connectivity index (χ2n) is 7.00. The molecule has 8 heteroatoms. The highest BCUT2D eigenvalue weighted by Crippen LogP contribution is 2.43. The quantitative estimate of drug-likeness (QED) is 0.678. The first-order valence-electron chi connectivity index (χ1n) is 8.97. The second-order valence-corrected chi connectivity index (χ2v) is 7.38. The summed E-state index contributed by atoms with van der Waals surface area (Å²) in [5, 5.41) is 3.31. The predicted molar refractivity (Wildman–Crippen MR) is 103 cm³/mol. The van der Waals surface area contributed by atoms with Crippen LogP contribution in [-0.4, -0.2) is 22.8 Å². The Hall–Kier alpha value is -2.59. The van der Waals surface area contributed by atoms with E-state index in [1.165, 1.54) is 0 Å². The number of nitrogens with two attached hydrogens (primary N) is 1. The van der Waals surface area contributed by atoms with E-state index in [-0.39, 0.29) is 33.4 Å². The molecule has 0 spiro atoms. The Morgan fingerprint density at radius 2 is 2.00 bits per heavy atom. The smallest absolute Gasteiger partial charge is 0.296 e. The van der Waals surface area contributed by atoms with Crippen LogP contribution >= 0.6 is 11.6 Å². The van der Waals surface area contributed by atoms with Crippen LogP contribution in [-0.2, 0) is 4.79 Å². The molecule has 148 valence electrons. The molecule has 4 N–H and O–H groups in total. The highest BCUT2D eigenvalue weighted by molar-refractivity contribution is 6.37. The van der Waals surface area contributed by atoms with Crippen LogP contribution in [0.5, 0.6) is 0 Å². The van der Waals surface area contributed by atoms with Crippen LogP contribution in [0.25, 0.3) is 10.9 Å². The molecule has 1 heterocycles. The Morgan fingerprint density at radius 1 is 1.29 bits per heavy atom. The summed E-state index contributed by atoms with van der Waals surface area (Å²) in [4.78, 5) is 26.3. The summed E-state index contributed by atoms with van der Waals surface area (Å²) in [5.41, 5.74) is 5.45. The average Bonchev–Trinajstić information content (AvgIpc) is 2.91. The van der Waals surface area contributed by atoms with Gasteiger partial charge in [0.05, 0.1) is 10.5 Å². The van der Waals surface area contributed by atoms with Crippen molar-refractivity contribution >= 4 is 34.3 Å². The summed E-state index contributed by atoms with van der Waals surface area (Å²) in [7, 11) is 0. The third-order valence-corrected chi connectivity index (χ3v) is 5.65. The number of H-pyrrole nitrogens is 1. The lowest BCUT2D eigenvalue weighted by atomic mass is 9.79. The van der Waals surface area contributed by atoms with Gasteiger partial charge in [0, 0.05) is 22.7 Å². The topological polar surface area (TPSA) is 88.0 Å². The number of primary amides is 1. The third kappa shape index (κ3) is 3.45. The van der Waals surface area contributed by atoms with Crippen LogP contribution in [0.15, 0.2) is 0 Å². The van der Waals surface area contributed by atoms with Gasteiger partial charge in [-0.25, -0.2) is 8.78 Å². The van der Waals surface area contributed by atoms with Gasteiger partial charge in [0.25, 0.3) is 11.8 Å². The summed E-state index contributed by atoms with van der Waals surface area (Å²) in [5.74, 6) is 0.705. The van der Waals surface area contributed by atoms with Crippen LogP contribution in [0, 0.1) is 30.4 Å². The fraction of sp³-hybridized carbons (Fsp3) is 0.400. The molecule has 1 aromatic carbocycles. The van der Waals surface area contributed by atoms with E-state index in [1.54, 1.807) is 13.8 Å². The lowest BCUT2D eigenvalue weighted by Crippen LogP contribution is -2.37. The molecule has 0 bridgehead atoms. The summed E-state index contributed by atoms with van der Waals surface area (Å²) < 4.78 is 29.8. The van der Waals surface area contributed by atoms with Crippen LogP contribution in [0.2, 0.25) is 5.02 Å². The van der Waals surface area contributed by atoms with E-state index in [4.69, 9.17) is 17.3 Å². The summed E-state index contributed by atoms with van der Waals surface area (Å²) in [6.07, 6.45) is 2.46. The van der Waals surface area contributed by atoms with Gasteiger partial charge in [-0.15, -0.1) is 0 Å². The standard InChI is InChI=1S/C20H20ClF2N3O2/c1-3-5-12(27)26-11-7-4-6-10(8-11)13-14-16(21)9(2)25-19(14)15(20(24)28)18(23)17(13)22/h10-11,25H,4,6-8H2,1-2H3,(H2,24,28)(H,26,27)/t10-,11+/m1/s1. The maximum atomic E-state index is 15.1. The molecule has 28 heavy (non-hydrogen) atoms. The number of aryl methyl sites for hydroxylation is 1. The molecule has 1 aromatic heterocycles. The zero-order valence-electron chi connectivity index (χ0n) is 15.5. The zero-order chi connectivity index (χ0) is 20.6. The maximum absolute atomic E-state index is 15.1. The predicted octanol–water partition coefficient (Wildman–Crippen LogP) is 3.67. The number of aromatic nitrogens is 1. The molecule has 1 aliphatic rings. The number of aromatic amines is 1. The van der Waals surface area contributed by atoms with E-state index in [9.17, 15) is 14.0 Å². The Kier molecular flexibility index (Phi) is 5.61. The van der Waals surface area contributed by atoms with Crippen molar-refractivity contribution < 1.29 is 18.4 Å². The first-order chi connectivity index (χ1) is 13.3. The van der Waals surface area contributed by atoms with Crippen molar-refractivity contribution in [1.82, 2.24) is 10.3 Å². The molecule has 2 amide bonds. The van der Waals surface area contributed by atoms with Crippen LogP contribution in [0.1, 0.15) is 60.1 Å². The first kappa shape index (κ1) is 20.2. The lowest BCUT2D eigenvalue weighted by Gasteiger charge is -2.30. The van der Waals surface area contributed by atoms with Crippen LogP contribution in [0.4, 0.5) is 8.78 Å². The molecular weight excluding hydrogens is 388 g/mol. The number of amides is 2. The SMILES string of the molecule is CC#CC(=O)N[C@H]1CCC[C@@H](c2c(F)c(F)c(C(N)=O)c3[nH]c(C)c(Cl)c23)C1. The normalized spacial score (nSPS) is 19.2. The van der Waals surface area contributed by atoms with E-state index in [1.807, 2.05) is 0 Å². The highest BCUT2D eigenvalue weighted by Gasteiger charge is 2.33. The van der Waals surface area contributed by atoms with Gasteiger partial charge in [-0.2, -0.15) is 0 Å². The molecule has 2 aromatic rings. The van der Waals surface area contributed by atoms with Crippen LogP contribution < -0.4 is 11.1 Å². The second kappa shape index (κ2) is 7.80. The van der Waals surface area contributed by atoms with Crippen molar-refractivity contribution in [3.05, 3.63) is 33.5 Å². The van der Waals surface area contributed by atoms with E-state index >= 15 is 4.39 Å². The molecule has 0 aliphatic heterocycles. The lowest BCUT2D eigenvalue weighted by molar-refractivity contribution is -0.116. The van der Waals surface area contributed by atoms with Crippen molar-refractivity contribution in [3.63, 3.8) is 0 Å². The largest absolute Gasteiger partial charge is 0.365 e. The van der Waals surface area contributed by atoms with Gasteiger partial charge in [-0.05, 0) is 44.9 Å². The van der Waals surface area contributed by atoms with Crippen molar-refractivity contribution in [2.24, 2.45) is 5.73 Å². The monoisotopic (exact) mass is 407 g/mol. The molecule has 1 aliphatic carbocycles. The maximum Gasteiger partial charge on any atom is 0.296 e. The van der Waals surface area contributed by atoms with Gasteiger partial charge in [-0.1, -0.05) is 23.9 Å².